The van der Waals surface area contributed by atoms with Gasteiger partial charge in [0.05, 0.1) is 6.04 Å². The molecular formula is C13H23NO4. The number of rotatable bonds is 4. The first kappa shape index (κ1) is 15.0. The van der Waals surface area contributed by atoms with E-state index in [1.165, 1.54) is 4.90 Å². The first-order valence-electron chi connectivity index (χ1n) is 6.45. The number of nitrogens with zero attached hydrogens (tertiary/aromatic N) is 1. The van der Waals surface area contributed by atoms with Gasteiger partial charge in [0, 0.05) is 13.2 Å². The topological polar surface area (TPSA) is 55.8 Å². The highest BCUT2D eigenvalue weighted by molar-refractivity contribution is 5.88. The van der Waals surface area contributed by atoms with Gasteiger partial charge >= 0.3 is 6.09 Å². The van der Waals surface area contributed by atoms with Gasteiger partial charge in [-0.25, -0.2) is 4.79 Å². The van der Waals surface area contributed by atoms with Crippen molar-refractivity contribution in [1.82, 2.24) is 4.90 Å². The molecule has 0 aliphatic carbocycles. The van der Waals surface area contributed by atoms with Crippen molar-refractivity contribution in [2.75, 3.05) is 19.8 Å². The van der Waals surface area contributed by atoms with Gasteiger partial charge in [-0.15, -0.1) is 0 Å². The van der Waals surface area contributed by atoms with E-state index in [9.17, 15) is 9.59 Å². The van der Waals surface area contributed by atoms with Gasteiger partial charge in [-0.05, 0) is 40.5 Å². The fourth-order valence-electron chi connectivity index (χ4n) is 1.94. The number of carbonyl (C=O) groups excluding carboxylic acids is 2. The molecule has 1 aliphatic rings. The summed E-state index contributed by atoms with van der Waals surface area (Å²) in [5, 5.41) is 0. The maximum absolute atomic E-state index is 12.0. The van der Waals surface area contributed by atoms with Gasteiger partial charge in [-0.2, -0.15) is 0 Å². The van der Waals surface area contributed by atoms with Gasteiger partial charge in [-0.3, -0.25) is 9.69 Å². The Kier molecular flexibility index (Phi) is 5.14. The molecule has 0 radical (unpaired) electrons. The Morgan fingerprint density at radius 2 is 2.00 bits per heavy atom. The summed E-state index contributed by atoms with van der Waals surface area (Å²) in [5.74, 6) is -0.0415. The molecule has 0 aromatic rings. The quantitative estimate of drug-likeness (QED) is 0.773. The minimum Gasteiger partial charge on any atom is -0.444 e. The third-order valence-corrected chi connectivity index (χ3v) is 2.70. The Morgan fingerprint density at radius 3 is 2.56 bits per heavy atom. The first-order valence-corrected chi connectivity index (χ1v) is 6.45. The second-order valence-electron chi connectivity index (χ2n) is 5.44. The molecule has 1 atom stereocenters. The Balaban J connectivity index is 2.59. The van der Waals surface area contributed by atoms with Gasteiger partial charge in [0.25, 0.3) is 0 Å². The number of Topliss-reactive ketones (excluding diaryl/α,β-unsaturated/α-hetero) is 1. The van der Waals surface area contributed by atoms with Crippen molar-refractivity contribution in [3.8, 4) is 0 Å². The standard InChI is InChI=1S/C13H23NO4/c1-5-17-9-11(15)10-7-6-8-14(10)12(16)18-13(2,3)4/h10H,5-9H2,1-4H3/t10-/m1/s1. The molecule has 18 heavy (non-hydrogen) atoms. The van der Waals surface area contributed by atoms with Crippen LogP contribution in [-0.4, -0.2) is 48.2 Å². The summed E-state index contributed by atoms with van der Waals surface area (Å²) in [6.07, 6.45) is 1.13. The lowest BCUT2D eigenvalue weighted by Crippen LogP contribution is -2.44. The Morgan fingerprint density at radius 1 is 1.33 bits per heavy atom. The summed E-state index contributed by atoms with van der Waals surface area (Å²) < 4.78 is 10.4. The summed E-state index contributed by atoms with van der Waals surface area (Å²) in [5.41, 5.74) is -0.535. The third kappa shape index (κ3) is 4.29. The monoisotopic (exact) mass is 257 g/mol. The molecule has 1 amide bonds. The van der Waals surface area contributed by atoms with Crippen LogP contribution >= 0.6 is 0 Å². The lowest BCUT2D eigenvalue weighted by atomic mass is 10.1. The van der Waals surface area contributed by atoms with Gasteiger partial charge < -0.3 is 9.47 Å². The van der Waals surface area contributed by atoms with Crippen molar-refractivity contribution in [3.63, 3.8) is 0 Å². The Labute approximate surface area is 108 Å². The lowest BCUT2D eigenvalue weighted by molar-refractivity contribution is -0.127. The molecule has 104 valence electrons. The molecule has 1 fully saturated rings. The second-order valence-corrected chi connectivity index (χ2v) is 5.44. The SMILES string of the molecule is CCOCC(=O)[C@H]1CCCN1C(=O)OC(C)(C)C. The lowest BCUT2D eigenvalue weighted by Gasteiger charge is -2.27. The maximum atomic E-state index is 12.0. The summed E-state index contributed by atoms with van der Waals surface area (Å²) in [7, 11) is 0. The predicted molar refractivity (Wildman–Crippen MR) is 67.5 cm³/mol. The molecule has 0 aromatic carbocycles. The number of amides is 1. The number of carbonyl (C=O) groups is 2. The molecule has 1 rings (SSSR count). The Bertz CT molecular complexity index is 309. The minimum absolute atomic E-state index is 0.0415. The second kappa shape index (κ2) is 6.18. The number of likely N-dealkylation sites (tertiary alicyclic amines) is 1. The molecule has 0 saturated carbocycles. The average molecular weight is 257 g/mol. The van der Waals surface area contributed by atoms with Crippen LogP contribution in [0.2, 0.25) is 0 Å². The van der Waals surface area contributed by atoms with Gasteiger partial charge in [0.15, 0.2) is 5.78 Å². The summed E-state index contributed by atoms with van der Waals surface area (Å²) in [6.45, 7) is 8.45. The van der Waals surface area contributed by atoms with Crippen LogP contribution in [0.25, 0.3) is 0 Å². The molecular weight excluding hydrogens is 234 g/mol. The molecule has 0 bridgehead atoms. The summed E-state index contributed by atoms with van der Waals surface area (Å²) >= 11 is 0. The van der Waals surface area contributed by atoms with Crippen LogP contribution in [0.4, 0.5) is 4.79 Å². The number of ketones is 1. The van der Waals surface area contributed by atoms with E-state index in [0.29, 0.717) is 19.6 Å². The zero-order valence-corrected chi connectivity index (χ0v) is 11.7. The van der Waals surface area contributed by atoms with E-state index in [1.807, 2.05) is 27.7 Å². The third-order valence-electron chi connectivity index (χ3n) is 2.70. The van der Waals surface area contributed by atoms with E-state index in [2.05, 4.69) is 0 Å². The highest BCUT2D eigenvalue weighted by Crippen LogP contribution is 2.21. The van der Waals surface area contributed by atoms with Gasteiger partial charge in [0.2, 0.25) is 0 Å². The average Bonchev–Trinajstić information content (AvgIpc) is 2.72. The highest BCUT2D eigenvalue weighted by atomic mass is 16.6. The predicted octanol–water partition coefficient (Wildman–Crippen LogP) is 1.99. The number of hydrogen-bond acceptors (Lipinski definition) is 4. The fraction of sp³-hybridized carbons (Fsp3) is 0.846. The van der Waals surface area contributed by atoms with Gasteiger partial charge in [0.1, 0.15) is 12.2 Å². The molecule has 0 N–H and O–H groups in total. The van der Waals surface area contributed by atoms with Crippen molar-refractivity contribution < 1.29 is 19.1 Å². The molecule has 5 nitrogen and oxygen atoms in total. The molecule has 1 heterocycles. The Hall–Kier alpha value is -1.10. The summed E-state index contributed by atoms with van der Waals surface area (Å²) in [4.78, 5) is 25.4. The van der Waals surface area contributed by atoms with E-state index in [4.69, 9.17) is 9.47 Å². The molecule has 1 aliphatic heterocycles. The minimum atomic E-state index is -0.535. The molecule has 0 unspecified atom stereocenters. The van der Waals surface area contributed by atoms with E-state index in [-0.39, 0.29) is 18.4 Å². The van der Waals surface area contributed by atoms with E-state index >= 15 is 0 Å². The maximum Gasteiger partial charge on any atom is 0.410 e. The van der Waals surface area contributed by atoms with Crippen LogP contribution in [0.3, 0.4) is 0 Å². The van der Waals surface area contributed by atoms with E-state index in [1.54, 1.807) is 0 Å². The molecule has 5 heteroatoms. The van der Waals surface area contributed by atoms with Crippen molar-refractivity contribution in [2.24, 2.45) is 0 Å². The van der Waals surface area contributed by atoms with Crippen LogP contribution in [0.1, 0.15) is 40.5 Å². The number of hydrogen-bond donors (Lipinski definition) is 0. The normalized spacial score (nSPS) is 20.0. The molecule has 0 spiro atoms. The van der Waals surface area contributed by atoms with Crippen molar-refractivity contribution in [1.29, 1.82) is 0 Å². The first-order chi connectivity index (χ1) is 8.35. The van der Waals surface area contributed by atoms with Crippen molar-refractivity contribution in [3.05, 3.63) is 0 Å². The molecule has 0 aromatic heterocycles. The summed E-state index contributed by atoms with van der Waals surface area (Å²) in [6, 6.07) is -0.383. The van der Waals surface area contributed by atoms with Crippen LogP contribution in [0, 0.1) is 0 Å². The molecule has 1 saturated heterocycles. The van der Waals surface area contributed by atoms with Crippen LogP contribution in [-0.2, 0) is 14.3 Å². The zero-order chi connectivity index (χ0) is 13.8. The van der Waals surface area contributed by atoms with E-state index < -0.39 is 11.7 Å². The fourth-order valence-corrected chi connectivity index (χ4v) is 1.94. The highest BCUT2D eigenvalue weighted by Gasteiger charge is 2.36. The smallest absolute Gasteiger partial charge is 0.410 e. The van der Waals surface area contributed by atoms with E-state index in [0.717, 1.165) is 6.42 Å². The van der Waals surface area contributed by atoms with Crippen molar-refractivity contribution >= 4 is 11.9 Å². The van der Waals surface area contributed by atoms with Crippen LogP contribution < -0.4 is 0 Å². The van der Waals surface area contributed by atoms with Crippen LogP contribution in [0.5, 0.6) is 0 Å². The van der Waals surface area contributed by atoms with Crippen molar-refractivity contribution in [2.45, 2.75) is 52.2 Å². The zero-order valence-electron chi connectivity index (χ0n) is 11.7. The van der Waals surface area contributed by atoms with Crippen LogP contribution in [0.15, 0.2) is 0 Å². The largest absolute Gasteiger partial charge is 0.444 e. The van der Waals surface area contributed by atoms with Gasteiger partial charge in [-0.1, -0.05) is 0 Å². The number of ether oxygens (including phenoxy) is 2.